The molecular weight excluding hydrogens is 283 g/mol. The maximum atomic E-state index is 12.4. The van der Waals surface area contributed by atoms with Gasteiger partial charge in [-0.1, -0.05) is 36.1 Å². The number of hydrogen-bond donors (Lipinski definition) is 2. The molecule has 0 saturated carbocycles. The van der Waals surface area contributed by atoms with E-state index in [9.17, 15) is 18.3 Å². The molecule has 0 aliphatic carbocycles. The summed E-state index contributed by atoms with van der Waals surface area (Å²) < 4.78 is 37.6. The lowest BCUT2D eigenvalue weighted by Crippen LogP contribution is -2.31. The van der Waals surface area contributed by atoms with E-state index in [4.69, 9.17) is 12.2 Å². The number of nitrogens with one attached hydrogen (secondary N) is 1. The zero-order valence-electron chi connectivity index (χ0n) is 9.07. The van der Waals surface area contributed by atoms with Crippen LogP contribution >= 0.6 is 24.0 Å². The molecule has 1 aromatic carbocycles. The van der Waals surface area contributed by atoms with E-state index < -0.39 is 18.0 Å². The Kier molecular flexibility index (Phi) is 3.84. The number of thioether (sulfide) groups is 1. The van der Waals surface area contributed by atoms with Crippen LogP contribution in [-0.2, 0) is 12.6 Å². The lowest BCUT2D eigenvalue weighted by atomic mass is 10.1. The molecule has 18 heavy (non-hydrogen) atoms. The highest BCUT2D eigenvalue weighted by atomic mass is 32.2. The number of benzene rings is 1. The van der Waals surface area contributed by atoms with Crippen LogP contribution in [0.4, 0.5) is 13.2 Å². The van der Waals surface area contributed by atoms with Crippen molar-refractivity contribution in [3.8, 4) is 0 Å². The number of alkyl halides is 3. The first-order chi connectivity index (χ1) is 8.36. The minimum absolute atomic E-state index is 0.158. The quantitative estimate of drug-likeness (QED) is 0.821. The van der Waals surface area contributed by atoms with E-state index in [2.05, 4.69) is 5.32 Å². The summed E-state index contributed by atoms with van der Waals surface area (Å²) in [5.41, 5.74) is 0.0746. The first-order valence-electron chi connectivity index (χ1n) is 5.17. The van der Waals surface area contributed by atoms with Crippen LogP contribution in [0.15, 0.2) is 24.3 Å². The van der Waals surface area contributed by atoms with Crippen LogP contribution in [0.2, 0.25) is 0 Å². The summed E-state index contributed by atoms with van der Waals surface area (Å²) >= 11 is 6.23. The predicted molar refractivity (Wildman–Crippen MR) is 68.3 cm³/mol. The van der Waals surface area contributed by atoms with E-state index in [0.717, 1.165) is 17.7 Å². The van der Waals surface area contributed by atoms with Crippen molar-refractivity contribution in [1.82, 2.24) is 5.32 Å². The van der Waals surface area contributed by atoms with Crippen LogP contribution in [0.1, 0.15) is 11.1 Å². The average molecular weight is 293 g/mol. The standard InChI is InChI=1S/C11H10F3NOS2/c12-11(13,14)7-3-1-6(2-4-7)5-8-9(16)15-10(17)18-8/h1-4,8-9,16H,5H2,(H,15,17). The van der Waals surface area contributed by atoms with Crippen molar-refractivity contribution in [2.75, 3.05) is 0 Å². The van der Waals surface area contributed by atoms with Crippen LogP contribution in [0, 0.1) is 0 Å². The molecule has 2 N–H and O–H groups in total. The van der Waals surface area contributed by atoms with Crippen molar-refractivity contribution < 1.29 is 18.3 Å². The van der Waals surface area contributed by atoms with Crippen LogP contribution in [-0.4, -0.2) is 20.9 Å². The maximum absolute atomic E-state index is 12.4. The van der Waals surface area contributed by atoms with Gasteiger partial charge in [0.15, 0.2) is 0 Å². The highest BCUT2D eigenvalue weighted by molar-refractivity contribution is 8.23. The third kappa shape index (κ3) is 3.15. The number of aliphatic hydroxyl groups is 1. The molecule has 0 bridgehead atoms. The van der Waals surface area contributed by atoms with Crippen LogP contribution in [0.5, 0.6) is 0 Å². The first kappa shape index (κ1) is 13.6. The van der Waals surface area contributed by atoms with Gasteiger partial charge >= 0.3 is 6.18 Å². The molecular formula is C11H10F3NOS2. The molecule has 1 aromatic rings. The number of halogens is 3. The number of hydrogen-bond acceptors (Lipinski definition) is 3. The van der Waals surface area contributed by atoms with E-state index in [1.165, 1.54) is 23.9 Å². The topological polar surface area (TPSA) is 32.3 Å². The molecule has 2 unspecified atom stereocenters. The molecule has 0 spiro atoms. The second-order valence-electron chi connectivity index (χ2n) is 3.93. The summed E-state index contributed by atoms with van der Waals surface area (Å²) in [5, 5.41) is 12.1. The summed E-state index contributed by atoms with van der Waals surface area (Å²) in [6, 6.07) is 4.95. The van der Waals surface area contributed by atoms with E-state index >= 15 is 0 Å². The van der Waals surface area contributed by atoms with Crippen LogP contribution in [0.3, 0.4) is 0 Å². The summed E-state index contributed by atoms with van der Waals surface area (Å²) in [6.45, 7) is 0. The lowest BCUT2D eigenvalue weighted by molar-refractivity contribution is -0.137. The molecule has 2 atom stereocenters. The number of aliphatic hydroxyl groups excluding tert-OH is 1. The smallest absolute Gasteiger partial charge is 0.373 e. The number of thiocarbonyl (C=S) groups is 1. The lowest BCUT2D eigenvalue weighted by Gasteiger charge is -2.13. The Labute approximate surface area is 112 Å². The minimum atomic E-state index is -4.32. The van der Waals surface area contributed by atoms with Gasteiger partial charge in [0.1, 0.15) is 10.5 Å². The largest absolute Gasteiger partial charge is 0.416 e. The molecule has 0 aromatic heterocycles. The normalized spacial score (nSPS) is 24.1. The van der Waals surface area contributed by atoms with Crippen molar-refractivity contribution in [2.24, 2.45) is 0 Å². The molecule has 1 aliphatic rings. The van der Waals surface area contributed by atoms with Gasteiger partial charge in [-0.25, -0.2) is 0 Å². The van der Waals surface area contributed by atoms with Crippen molar-refractivity contribution in [3.63, 3.8) is 0 Å². The van der Waals surface area contributed by atoms with Gasteiger partial charge in [-0.05, 0) is 24.1 Å². The van der Waals surface area contributed by atoms with E-state index in [-0.39, 0.29) is 5.25 Å². The minimum Gasteiger partial charge on any atom is -0.373 e. The highest BCUT2D eigenvalue weighted by Crippen LogP contribution is 2.30. The maximum Gasteiger partial charge on any atom is 0.416 e. The predicted octanol–water partition coefficient (Wildman–Crippen LogP) is 2.56. The van der Waals surface area contributed by atoms with Gasteiger partial charge in [0.05, 0.1) is 10.8 Å². The second kappa shape index (κ2) is 5.07. The Morgan fingerprint density at radius 3 is 2.33 bits per heavy atom. The van der Waals surface area contributed by atoms with Gasteiger partial charge in [0.25, 0.3) is 0 Å². The Hall–Kier alpha value is -0.790. The Bertz CT molecular complexity index is 447. The van der Waals surface area contributed by atoms with Crippen molar-refractivity contribution in [1.29, 1.82) is 0 Å². The molecule has 1 aliphatic heterocycles. The SMILES string of the molecule is OC1NC(=S)SC1Cc1ccc(C(F)(F)F)cc1. The summed E-state index contributed by atoms with van der Waals surface area (Å²) in [5.74, 6) is 0. The number of rotatable bonds is 2. The summed E-state index contributed by atoms with van der Waals surface area (Å²) in [6.07, 6.45) is -4.59. The van der Waals surface area contributed by atoms with Crippen molar-refractivity contribution in [3.05, 3.63) is 35.4 Å². The molecule has 98 valence electrons. The molecule has 0 radical (unpaired) electrons. The molecule has 1 saturated heterocycles. The zero-order valence-corrected chi connectivity index (χ0v) is 10.7. The van der Waals surface area contributed by atoms with Crippen molar-refractivity contribution >= 4 is 28.3 Å². The molecule has 1 heterocycles. The van der Waals surface area contributed by atoms with Gasteiger partial charge in [-0.2, -0.15) is 13.2 Å². The van der Waals surface area contributed by atoms with E-state index in [1.807, 2.05) is 0 Å². The van der Waals surface area contributed by atoms with Gasteiger partial charge in [-0.3, -0.25) is 0 Å². The zero-order chi connectivity index (χ0) is 13.3. The Balaban J connectivity index is 2.05. The Morgan fingerprint density at radius 1 is 1.28 bits per heavy atom. The third-order valence-corrected chi connectivity index (χ3v) is 4.06. The van der Waals surface area contributed by atoms with Gasteiger partial charge in [-0.15, -0.1) is 0 Å². The molecule has 1 fully saturated rings. The van der Waals surface area contributed by atoms with Crippen molar-refractivity contribution in [2.45, 2.75) is 24.1 Å². The van der Waals surface area contributed by atoms with E-state index in [1.54, 1.807) is 0 Å². The fourth-order valence-corrected chi connectivity index (χ4v) is 3.09. The highest BCUT2D eigenvalue weighted by Gasteiger charge is 2.31. The van der Waals surface area contributed by atoms with Gasteiger partial charge < -0.3 is 10.4 Å². The summed E-state index contributed by atoms with van der Waals surface area (Å²) in [4.78, 5) is 0. The monoisotopic (exact) mass is 293 g/mol. The summed E-state index contributed by atoms with van der Waals surface area (Å²) in [7, 11) is 0. The second-order valence-corrected chi connectivity index (χ2v) is 5.85. The molecule has 2 nitrogen and oxygen atoms in total. The Morgan fingerprint density at radius 2 is 1.89 bits per heavy atom. The van der Waals surface area contributed by atoms with Gasteiger partial charge in [0.2, 0.25) is 0 Å². The fraction of sp³-hybridized carbons (Fsp3) is 0.364. The van der Waals surface area contributed by atoms with Crippen LogP contribution < -0.4 is 5.32 Å². The molecule has 0 amide bonds. The van der Waals surface area contributed by atoms with Gasteiger partial charge in [0, 0.05) is 0 Å². The third-order valence-electron chi connectivity index (χ3n) is 2.59. The van der Waals surface area contributed by atoms with E-state index in [0.29, 0.717) is 10.7 Å². The molecule has 7 heteroatoms. The fourth-order valence-electron chi connectivity index (χ4n) is 1.67. The first-order valence-corrected chi connectivity index (χ1v) is 6.46. The molecule has 2 rings (SSSR count). The van der Waals surface area contributed by atoms with Crippen LogP contribution in [0.25, 0.3) is 0 Å². The average Bonchev–Trinajstić information content (AvgIpc) is 2.57.